The number of hydrogen-bond acceptors (Lipinski definition) is 3. The fourth-order valence-corrected chi connectivity index (χ4v) is 2.74. The fourth-order valence-electron chi connectivity index (χ4n) is 2.74. The van der Waals surface area contributed by atoms with Gasteiger partial charge in [-0.05, 0) is 63.0 Å². The minimum Gasteiger partial charge on any atom is -0.497 e. The van der Waals surface area contributed by atoms with Crippen LogP contribution in [0.15, 0.2) is 24.3 Å². The van der Waals surface area contributed by atoms with Gasteiger partial charge >= 0.3 is 5.97 Å². The van der Waals surface area contributed by atoms with Gasteiger partial charge in [0.2, 0.25) is 0 Å². The van der Waals surface area contributed by atoms with E-state index in [4.69, 9.17) is 9.84 Å². The number of carboxylic acid groups (broad SMARTS) is 1. The van der Waals surface area contributed by atoms with Crippen molar-refractivity contribution in [3.63, 3.8) is 0 Å². The third-order valence-electron chi connectivity index (χ3n) is 4.01. The zero-order valence-corrected chi connectivity index (χ0v) is 12.0. The molecule has 110 valence electrons. The number of hydrogen-bond donors (Lipinski definition) is 1. The fraction of sp³-hybridized carbons (Fsp3) is 0.562. The summed E-state index contributed by atoms with van der Waals surface area (Å²) < 4.78 is 5.22. The number of piperidine rings is 1. The first kappa shape index (κ1) is 14.9. The normalized spacial score (nSPS) is 17.1. The van der Waals surface area contributed by atoms with E-state index < -0.39 is 5.97 Å². The maximum Gasteiger partial charge on any atom is 0.306 e. The highest BCUT2D eigenvalue weighted by Gasteiger charge is 2.23. The van der Waals surface area contributed by atoms with Crippen LogP contribution in [-0.4, -0.2) is 42.7 Å². The third kappa shape index (κ3) is 4.23. The molecule has 0 unspecified atom stereocenters. The number of rotatable bonds is 6. The first-order valence-corrected chi connectivity index (χ1v) is 7.27. The largest absolute Gasteiger partial charge is 0.497 e. The Balaban J connectivity index is 1.70. The Morgan fingerprint density at radius 1 is 1.40 bits per heavy atom. The van der Waals surface area contributed by atoms with Crippen LogP contribution in [0, 0.1) is 5.92 Å². The minimum atomic E-state index is -0.638. The predicted octanol–water partition coefficient (Wildman–Crippen LogP) is 2.42. The van der Waals surface area contributed by atoms with Gasteiger partial charge in [0.05, 0.1) is 13.0 Å². The number of methoxy groups -OCH3 is 1. The first-order valence-electron chi connectivity index (χ1n) is 7.27. The van der Waals surface area contributed by atoms with Crippen molar-refractivity contribution >= 4 is 5.97 Å². The van der Waals surface area contributed by atoms with Gasteiger partial charge in [0.1, 0.15) is 5.75 Å². The van der Waals surface area contributed by atoms with Crippen LogP contribution in [0.3, 0.4) is 0 Å². The highest BCUT2D eigenvalue weighted by molar-refractivity contribution is 5.70. The van der Waals surface area contributed by atoms with Gasteiger partial charge in [0.15, 0.2) is 0 Å². The molecule has 0 aliphatic carbocycles. The lowest BCUT2D eigenvalue weighted by Gasteiger charge is -2.29. The summed E-state index contributed by atoms with van der Waals surface area (Å²) in [4.78, 5) is 13.3. The minimum absolute atomic E-state index is 0.135. The Kier molecular flexibility index (Phi) is 5.41. The lowest BCUT2D eigenvalue weighted by atomic mass is 9.97. The smallest absolute Gasteiger partial charge is 0.306 e. The highest BCUT2D eigenvalue weighted by atomic mass is 16.5. The van der Waals surface area contributed by atoms with Gasteiger partial charge in [-0.3, -0.25) is 4.79 Å². The van der Waals surface area contributed by atoms with Gasteiger partial charge in [-0.15, -0.1) is 0 Å². The van der Waals surface area contributed by atoms with Crippen molar-refractivity contribution in [2.24, 2.45) is 5.92 Å². The lowest BCUT2D eigenvalue weighted by molar-refractivity contribution is -0.143. The van der Waals surface area contributed by atoms with Crippen LogP contribution >= 0.6 is 0 Å². The van der Waals surface area contributed by atoms with E-state index in [9.17, 15) is 4.79 Å². The number of carbonyl (C=O) groups is 1. The summed E-state index contributed by atoms with van der Waals surface area (Å²) in [7, 11) is 1.69. The standard InChI is InChI=1S/C16H23NO3/c1-20-15-6-2-4-13(12-15)5-3-9-17-10-7-14(8-11-17)16(18)19/h2,4,6,12,14H,3,5,7-11H2,1H3,(H,18,19). The van der Waals surface area contributed by atoms with Crippen LogP contribution < -0.4 is 4.74 Å². The third-order valence-corrected chi connectivity index (χ3v) is 4.01. The van der Waals surface area contributed by atoms with Crippen LogP contribution in [0.2, 0.25) is 0 Å². The Hall–Kier alpha value is -1.55. The number of aliphatic carboxylic acids is 1. The molecule has 1 N–H and O–H groups in total. The van der Waals surface area contributed by atoms with Crippen molar-refractivity contribution in [2.45, 2.75) is 25.7 Å². The average Bonchev–Trinajstić information content (AvgIpc) is 2.48. The second-order valence-corrected chi connectivity index (χ2v) is 5.41. The van der Waals surface area contributed by atoms with Crippen LogP contribution in [0.4, 0.5) is 0 Å². The molecular weight excluding hydrogens is 254 g/mol. The van der Waals surface area contributed by atoms with Crippen molar-refractivity contribution in [1.29, 1.82) is 0 Å². The number of likely N-dealkylation sites (tertiary alicyclic amines) is 1. The zero-order chi connectivity index (χ0) is 14.4. The van der Waals surface area contributed by atoms with Crippen LogP contribution in [-0.2, 0) is 11.2 Å². The SMILES string of the molecule is COc1cccc(CCCN2CCC(C(=O)O)CC2)c1. The van der Waals surface area contributed by atoms with E-state index in [2.05, 4.69) is 17.0 Å². The van der Waals surface area contributed by atoms with Gasteiger partial charge in [-0.25, -0.2) is 0 Å². The molecule has 0 radical (unpaired) electrons. The molecule has 0 aromatic heterocycles. The van der Waals surface area contributed by atoms with E-state index in [0.29, 0.717) is 0 Å². The summed E-state index contributed by atoms with van der Waals surface area (Å²) in [6.45, 7) is 2.87. The highest BCUT2D eigenvalue weighted by Crippen LogP contribution is 2.18. The Labute approximate surface area is 120 Å². The number of benzene rings is 1. The summed E-state index contributed by atoms with van der Waals surface area (Å²) in [5, 5.41) is 8.97. The van der Waals surface area contributed by atoms with Crippen molar-refractivity contribution < 1.29 is 14.6 Å². The quantitative estimate of drug-likeness (QED) is 0.867. The summed E-state index contributed by atoms with van der Waals surface area (Å²) in [6.07, 6.45) is 3.71. The second-order valence-electron chi connectivity index (χ2n) is 5.41. The molecule has 4 heteroatoms. The average molecular weight is 277 g/mol. The van der Waals surface area contributed by atoms with Crippen molar-refractivity contribution in [1.82, 2.24) is 4.90 Å². The van der Waals surface area contributed by atoms with Crippen LogP contribution in [0.25, 0.3) is 0 Å². The van der Waals surface area contributed by atoms with E-state index in [1.807, 2.05) is 12.1 Å². The molecule has 20 heavy (non-hydrogen) atoms. The number of ether oxygens (including phenoxy) is 1. The first-order chi connectivity index (χ1) is 9.69. The molecule has 0 amide bonds. The maximum atomic E-state index is 10.9. The molecular formula is C16H23NO3. The van der Waals surface area contributed by atoms with Crippen LogP contribution in [0.5, 0.6) is 5.75 Å². The summed E-state index contributed by atoms with van der Waals surface area (Å²) in [5.74, 6) is 0.135. The zero-order valence-electron chi connectivity index (χ0n) is 12.0. The van der Waals surface area contributed by atoms with Gasteiger partial charge in [-0.2, -0.15) is 0 Å². The second kappa shape index (κ2) is 7.29. The monoisotopic (exact) mass is 277 g/mol. The van der Waals surface area contributed by atoms with Gasteiger partial charge in [0, 0.05) is 0 Å². The number of aryl methyl sites for hydroxylation is 1. The predicted molar refractivity (Wildman–Crippen MR) is 78.1 cm³/mol. The molecule has 1 fully saturated rings. The molecule has 0 bridgehead atoms. The lowest BCUT2D eigenvalue weighted by Crippen LogP contribution is -2.36. The Morgan fingerprint density at radius 3 is 2.80 bits per heavy atom. The molecule has 1 aromatic rings. The Morgan fingerprint density at radius 2 is 2.15 bits per heavy atom. The van der Waals surface area contributed by atoms with Crippen LogP contribution in [0.1, 0.15) is 24.8 Å². The molecule has 1 saturated heterocycles. The molecule has 0 spiro atoms. The summed E-state index contributed by atoms with van der Waals surface area (Å²) >= 11 is 0. The van der Waals surface area contributed by atoms with E-state index in [1.54, 1.807) is 7.11 Å². The molecule has 1 heterocycles. The summed E-state index contributed by atoms with van der Waals surface area (Å²) in [6, 6.07) is 8.18. The molecule has 2 rings (SSSR count). The summed E-state index contributed by atoms with van der Waals surface area (Å²) in [5.41, 5.74) is 1.30. The molecule has 1 aliphatic rings. The van der Waals surface area contributed by atoms with E-state index >= 15 is 0 Å². The number of carboxylic acids is 1. The molecule has 0 atom stereocenters. The maximum absolute atomic E-state index is 10.9. The van der Waals surface area contributed by atoms with E-state index in [1.165, 1.54) is 5.56 Å². The molecule has 1 aromatic carbocycles. The van der Waals surface area contributed by atoms with E-state index in [-0.39, 0.29) is 5.92 Å². The van der Waals surface area contributed by atoms with Gasteiger partial charge in [0.25, 0.3) is 0 Å². The molecule has 0 saturated carbocycles. The topological polar surface area (TPSA) is 49.8 Å². The molecule has 1 aliphatic heterocycles. The van der Waals surface area contributed by atoms with Crippen molar-refractivity contribution in [3.05, 3.63) is 29.8 Å². The van der Waals surface area contributed by atoms with Gasteiger partial charge < -0.3 is 14.7 Å². The van der Waals surface area contributed by atoms with Crippen molar-refractivity contribution in [3.8, 4) is 5.75 Å². The number of nitrogens with zero attached hydrogens (tertiary/aromatic N) is 1. The van der Waals surface area contributed by atoms with E-state index in [0.717, 1.165) is 51.1 Å². The molecule has 4 nitrogen and oxygen atoms in total. The Bertz CT molecular complexity index is 439. The van der Waals surface area contributed by atoms with Gasteiger partial charge in [-0.1, -0.05) is 12.1 Å². The van der Waals surface area contributed by atoms with Crippen molar-refractivity contribution in [2.75, 3.05) is 26.7 Å².